The number of nitrogens with zero attached hydrogens (tertiary/aromatic N) is 1. The van der Waals surface area contributed by atoms with E-state index >= 15 is 0 Å². The van der Waals surface area contributed by atoms with Crippen LogP contribution in [0.3, 0.4) is 0 Å². The first-order valence-electron chi connectivity index (χ1n) is 7.76. The summed E-state index contributed by atoms with van der Waals surface area (Å²) in [5.41, 5.74) is 1.82. The molecular weight excluding hydrogens is 264 g/mol. The summed E-state index contributed by atoms with van der Waals surface area (Å²) in [5, 5.41) is 3.20. The summed E-state index contributed by atoms with van der Waals surface area (Å²) in [7, 11) is 3.66. The van der Waals surface area contributed by atoms with Crippen LogP contribution < -0.4 is 5.32 Å². The predicted molar refractivity (Wildman–Crippen MR) is 84.3 cm³/mol. The zero-order valence-corrected chi connectivity index (χ0v) is 13.1. The standard InChI is InChI=1S/C17H26N2O2/c1-18-9-6-14-7-10-19(11-8-14)17(20)16-5-3-4-15(12-16)13-21-2/h3-5,12,14,18H,6-11,13H2,1-2H3. The highest BCUT2D eigenvalue weighted by Gasteiger charge is 2.23. The number of amides is 1. The minimum absolute atomic E-state index is 0.153. The van der Waals surface area contributed by atoms with Crippen molar-refractivity contribution in [2.45, 2.75) is 25.9 Å². The largest absolute Gasteiger partial charge is 0.380 e. The predicted octanol–water partition coefficient (Wildman–Crippen LogP) is 2.29. The van der Waals surface area contributed by atoms with Crippen molar-refractivity contribution >= 4 is 5.91 Å². The molecular formula is C17H26N2O2. The summed E-state index contributed by atoms with van der Waals surface area (Å²) in [5.74, 6) is 0.904. The highest BCUT2D eigenvalue weighted by atomic mass is 16.5. The van der Waals surface area contributed by atoms with Crippen LogP contribution in [0.1, 0.15) is 35.2 Å². The van der Waals surface area contributed by atoms with Gasteiger partial charge in [0.05, 0.1) is 6.61 Å². The number of carbonyl (C=O) groups excluding carboxylic acids is 1. The summed E-state index contributed by atoms with van der Waals surface area (Å²) in [6.45, 7) is 3.37. The summed E-state index contributed by atoms with van der Waals surface area (Å²) >= 11 is 0. The highest BCUT2D eigenvalue weighted by molar-refractivity contribution is 5.94. The lowest BCUT2D eigenvalue weighted by molar-refractivity contribution is 0.0687. The Balaban J connectivity index is 1.91. The molecule has 0 aromatic heterocycles. The maximum atomic E-state index is 12.5. The SMILES string of the molecule is CNCCC1CCN(C(=O)c2cccc(COC)c2)CC1. The zero-order valence-electron chi connectivity index (χ0n) is 13.1. The number of hydrogen-bond acceptors (Lipinski definition) is 3. The normalized spacial score (nSPS) is 16.2. The zero-order chi connectivity index (χ0) is 15.1. The second-order valence-corrected chi connectivity index (χ2v) is 5.76. The first-order chi connectivity index (χ1) is 10.2. The van der Waals surface area contributed by atoms with Crippen LogP contribution >= 0.6 is 0 Å². The Labute approximate surface area is 127 Å². The van der Waals surface area contributed by atoms with Gasteiger partial charge in [-0.15, -0.1) is 0 Å². The highest BCUT2D eigenvalue weighted by Crippen LogP contribution is 2.21. The van der Waals surface area contributed by atoms with Crippen molar-refractivity contribution in [1.82, 2.24) is 10.2 Å². The molecule has 1 aromatic rings. The number of nitrogens with one attached hydrogen (secondary N) is 1. The third kappa shape index (κ3) is 4.55. The molecule has 1 saturated heterocycles. The lowest BCUT2D eigenvalue weighted by Crippen LogP contribution is -2.39. The van der Waals surface area contributed by atoms with Crippen molar-refractivity contribution in [2.75, 3.05) is 33.8 Å². The fourth-order valence-corrected chi connectivity index (χ4v) is 2.92. The van der Waals surface area contributed by atoms with Gasteiger partial charge in [-0.1, -0.05) is 12.1 Å². The first-order valence-corrected chi connectivity index (χ1v) is 7.76. The molecule has 1 amide bonds. The summed E-state index contributed by atoms with van der Waals surface area (Å²) < 4.78 is 5.13. The molecule has 1 aromatic carbocycles. The van der Waals surface area contributed by atoms with E-state index in [0.717, 1.165) is 49.5 Å². The number of methoxy groups -OCH3 is 1. The van der Waals surface area contributed by atoms with Gasteiger partial charge < -0.3 is 15.0 Å². The third-order valence-electron chi connectivity index (χ3n) is 4.19. The minimum Gasteiger partial charge on any atom is -0.380 e. The van der Waals surface area contributed by atoms with E-state index in [1.54, 1.807) is 7.11 Å². The topological polar surface area (TPSA) is 41.6 Å². The van der Waals surface area contributed by atoms with Gasteiger partial charge in [-0.2, -0.15) is 0 Å². The third-order valence-corrected chi connectivity index (χ3v) is 4.19. The molecule has 1 aliphatic rings. The number of ether oxygens (including phenoxy) is 1. The van der Waals surface area contributed by atoms with Gasteiger partial charge in [0.15, 0.2) is 0 Å². The summed E-state index contributed by atoms with van der Waals surface area (Å²) in [6, 6.07) is 7.76. The molecule has 4 heteroatoms. The fourth-order valence-electron chi connectivity index (χ4n) is 2.92. The molecule has 0 unspecified atom stereocenters. The number of rotatable bonds is 6. The smallest absolute Gasteiger partial charge is 0.253 e. The van der Waals surface area contributed by atoms with Gasteiger partial charge in [-0.05, 0) is 56.5 Å². The van der Waals surface area contributed by atoms with Crippen molar-refractivity contribution in [3.63, 3.8) is 0 Å². The van der Waals surface area contributed by atoms with E-state index in [2.05, 4.69) is 5.32 Å². The van der Waals surface area contributed by atoms with Gasteiger partial charge in [-0.3, -0.25) is 4.79 Å². The van der Waals surface area contributed by atoms with Gasteiger partial charge in [0.1, 0.15) is 0 Å². The molecule has 2 rings (SSSR count). The van der Waals surface area contributed by atoms with E-state index in [9.17, 15) is 4.79 Å². The van der Waals surface area contributed by atoms with E-state index in [1.807, 2.05) is 36.2 Å². The number of hydrogen-bond donors (Lipinski definition) is 1. The molecule has 21 heavy (non-hydrogen) atoms. The van der Waals surface area contributed by atoms with Gasteiger partial charge in [0.25, 0.3) is 5.91 Å². The molecule has 0 bridgehead atoms. The molecule has 0 saturated carbocycles. The average Bonchev–Trinajstić information content (AvgIpc) is 2.53. The average molecular weight is 290 g/mol. The number of benzene rings is 1. The van der Waals surface area contributed by atoms with Crippen LogP contribution in [0.25, 0.3) is 0 Å². The van der Waals surface area contributed by atoms with Crippen molar-refractivity contribution < 1.29 is 9.53 Å². The molecule has 1 aliphatic heterocycles. The van der Waals surface area contributed by atoms with Crippen molar-refractivity contribution in [3.8, 4) is 0 Å². The quantitative estimate of drug-likeness (QED) is 0.874. The van der Waals surface area contributed by atoms with E-state index in [0.29, 0.717) is 6.61 Å². The van der Waals surface area contributed by atoms with Gasteiger partial charge >= 0.3 is 0 Å². The number of carbonyl (C=O) groups is 1. The fraction of sp³-hybridized carbons (Fsp3) is 0.588. The Morgan fingerprint density at radius 2 is 2.14 bits per heavy atom. The van der Waals surface area contributed by atoms with Crippen LogP contribution in [0.5, 0.6) is 0 Å². The van der Waals surface area contributed by atoms with Crippen LogP contribution in [0.2, 0.25) is 0 Å². The Bertz CT molecular complexity index is 454. The maximum Gasteiger partial charge on any atom is 0.253 e. The van der Waals surface area contributed by atoms with Crippen LogP contribution in [-0.2, 0) is 11.3 Å². The van der Waals surface area contributed by atoms with E-state index in [4.69, 9.17) is 4.74 Å². The lowest BCUT2D eigenvalue weighted by atomic mass is 9.93. The molecule has 1 N–H and O–H groups in total. The Hall–Kier alpha value is -1.39. The van der Waals surface area contributed by atoms with Gasteiger partial charge in [0.2, 0.25) is 0 Å². The van der Waals surface area contributed by atoms with E-state index < -0.39 is 0 Å². The van der Waals surface area contributed by atoms with Gasteiger partial charge in [-0.25, -0.2) is 0 Å². The van der Waals surface area contributed by atoms with Gasteiger partial charge in [0, 0.05) is 25.8 Å². The number of piperidine rings is 1. The monoisotopic (exact) mass is 290 g/mol. The van der Waals surface area contributed by atoms with Crippen LogP contribution in [0.15, 0.2) is 24.3 Å². The molecule has 0 aliphatic carbocycles. The first kappa shape index (κ1) is 16.0. The van der Waals surface area contributed by atoms with Crippen LogP contribution in [0, 0.1) is 5.92 Å². The second kappa shape index (κ2) is 8.15. The lowest BCUT2D eigenvalue weighted by Gasteiger charge is -2.32. The second-order valence-electron chi connectivity index (χ2n) is 5.76. The van der Waals surface area contributed by atoms with Crippen molar-refractivity contribution in [2.24, 2.45) is 5.92 Å². The summed E-state index contributed by atoms with van der Waals surface area (Å²) in [6.07, 6.45) is 3.44. The summed E-state index contributed by atoms with van der Waals surface area (Å²) in [4.78, 5) is 14.5. The number of likely N-dealkylation sites (tertiary alicyclic amines) is 1. The van der Waals surface area contributed by atoms with E-state index in [-0.39, 0.29) is 5.91 Å². The van der Waals surface area contributed by atoms with Crippen molar-refractivity contribution in [3.05, 3.63) is 35.4 Å². The molecule has 1 heterocycles. The van der Waals surface area contributed by atoms with Crippen LogP contribution in [-0.4, -0.2) is 44.6 Å². The van der Waals surface area contributed by atoms with Crippen LogP contribution in [0.4, 0.5) is 0 Å². The molecule has 4 nitrogen and oxygen atoms in total. The Morgan fingerprint density at radius 3 is 2.81 bits per heavy atom. The van der Waals surface area contributed by atoms with Crippen molar-refractivity contribution in [1.29, 1.82) is 0 Å². The molecule has 0 atom stereocenters. The molecule has 0 radical (unpaired) electrons. The molecule has 116 valence electrons. The Kier molecular flexibility index (Phi) is 6.21. The Morgan fingerprint density at radius 1 is 1.38 bits per heavy atom. The molecule has 0 spiro atoms. The maximum absolute atomic E-state index is 12.5. The van der Waals surface area contributed by atoms with E-state index in [1.165, 1.54) is 6.42 Å². The minimum atomic E-state index is 0.153. The molecule has 1 fully saturated rings.